The van der Waals surface area contributed by atoms with E-state index in [0.717, 1.165) is 77.9 Å². The lowest BCUT2D eigenvalue weighted by Gasteiger charge is -2.33. The molecule has 2 heteroatoms. The van der Waals surface area contributed by atoms with Gasteiger partial charge >= 0.3 is 0 Å². The van der Waals surface area contributed by atoms with E-state index in [-0.39, 0.29) is 0 Å². The van der Waals surface area contributed by atoms with Crippen LogP contribution in [0.25, 0.3) is 66.1 Å². The molecule has 0 saturated carbocycles. The Morgan fingerprint density at radius 1 is 0.172 bits per heavy atom. The van der Waals surface area contributed by atoms with E-state index in [1.807, 2.05) is 0 Å². The van der Waals surface area contributed by atoms with Gasteiger partial charge < -0.3 is 9.80 Å². The number of hydrogen-bond acceptors (Lipinski definition) is 2. The second-order valence-corrected chi connectivity index (χ2v) is 16.1. The fourth-order valence-corrected chi connectivity index (χ4v) is 9.20. The Kier molecular flexibility index (Phi) is 10.3. The molecule has 2 nitrogen and oxygen atoms in total. The Hall–Kier alpha value is -8.46. The summed E-state index contributed by atoms with van der Waals surface area (Å²) in [5.41, 5.74) is 15.9. The molecule has 0 amide bonds. The van der Waals surface area contributed by atoms with Gasteiger partial charge in [-0.05, 0) is 93.0 Å². The molecule has 0 unspecified atom stereocenters. The third kappa shape index (κ3) is 7.38. The lowest BCUT2D eigenvalue weighted by Crippen LogP contribution is -2.15. The summed E-state index contributed by atoms with van der Waals surface area (Å²) in [6, 6.07) is 96.5. The summed E-state index contributed by atoms with van der Waals surface area (Å²) in [5.74, 6) is 0. The molecule has 0 saturated heterocycles. The fourth-order valence-electron chi connectivity index (χ4n) is 9.20. The number of hydrogen-bond donors (Lipinski definition) is 0. The van der Waals surface area contributed by atoms with Crippen LogP contribution in [-0.2, 0) is 0 Å². The van der Waals surface area contributed by atoms with E-state index in [1.165, 1.54) is 22.3 Å². The SMILES string of the molecule is c1ccc(-c2cccc(N(c3cccc(-c4ccccc4)c3)c3c4ccccc4c(N(c4cccc(-c5ccccc5)c4)c4cccc(-c5ccccc5)c4)c4ccccc34)c2)cc1. The van der Waals surface area contributed by atoms with E-state index in [4.69, 9.17) is 0 Å². The predicted molar refractivity (Wildman–Crippen MR) is 273 cm³/mol. The van der Waals surface area contributed by atoms with E-state index in [9.17, 15) is 0 Å². The monoisotopic (exact) mass is 816 g/mol. The largest absolute Gasteiger partial charge is 0.309 e. The zero-order valence-corrected chi connectivity index (χ0v) is 35.3. The minimum absolute atomic E-state index is 1.08. The summed E-state index contributed by atoms with van der Waals surface area (Å²) < 4.78 is 0. The summed E-state index contributed by atoms with van der Waals surface area (Å²) in [5, 5.41) is 4.59. The second kappa shape index (κ2) is 17.1. The smallest absolute Gasteiger partial charge is 0.0619 e. The number of anilines is 6. The molecular formula is C62H44N2. The van der Waals surface area contributed by atoms with Crippen molar-refractivity contribution in [3.63, 3.8) is 0 Å². The van der Waals surface area contributed by atoms with Crippen LogP contribution in [0, 0.1) is 0 Å². The lowest BCUT2D eigenvalue weighted by molar-refractivity contribution is 1.29. The molecule has 11 rings (SSSR count). The Labute approximate surface area is 375 Å². The molecule has 0 aliphatic rings. The van der Waals surface area contributed by atoms with Crippen molar-refractivity contribution in [2.45, 2.75) is 0 Å². The highest BCUT2D eigenvalue weighted by atomic mass is 15.2. The summed E-state index contributed by atoms with van der Waals surface area (Å²) >= 11 is 0. The highest BCUT2D eigenvalue weighted by molar-refractivity contribution is 6.23. The summed E-state index contributed by atoms with van der Waals surface area (Å²) in [4.78, 5) is 4.95. The molecule has 0 spiro atoms. The third-order valence-electron chi connectivity index (χ3n) is 12.2. The topological polar surface area (TPSA) is 6.48 Å². The van der Waals surface area contributed by atoms with E-state index in [2.05, 4.69) is 277 Å². The molecular weight excluding hydrogens is 773 g/mol. The normalized spacial score (nSPS) is 11.1. The van der Waals surface area contributed by atoms with Gasteiger partial charge in [-0.3, -0.25) is 0 Å². The maximum absolute atomic E-state index is 2.48. The van der Waals surface area contributed by atoms with Gasteiger partial charge in [0, 0.05) is 44.3 Å². The van der Waals surface area contributed by atoms with Crippen LogP contribution in [0.15, 0.2) is 267 Å². The lowest BCUT2D eigenvalue weighted by atomic mass is 9.94. The third-order valence-corrected chi connectivity index (χ3v) is 12.2. The summed E-state index contributed by atoms with van der Waals surface area (Å²) in [7, 11) is 0. The van der Waals surface area contributed by atoms with E-state index >= 15 is 0 Å². The van der Waals surface area contributed by atoms with Gasteiger partial charge in [0.25, 0.3) is 0 Å². The molecule has 64 heavy (non-hydrogen) atoms. The van der Waals surface area contributed by atoms with Gasteiger partial charge in [-0.25, -0.2) is 0 Å². The standard InChI is InChI=1S/C62H44N2/c1-5-21-45(22-6-1)49-29-17-33-53(41-49)63(54-34-18-30-50(42-54)46-23-7-2-8-24-46)61-57-37-13-15-39-59(57)62(60-40-16-14-38-58(60)61)64(55-35-19-31-51(43-55)47-25-9-3-10-26-47)56-36-20-32-52(44-56)48-27-11-4-12-28-48/h1-44H. The second-order valence-electron chi connectivity index (χ2n) is 16.1. The van der Waals surface area contributed by atoms with Crippen molar-refractivity contribution in [1.82, 2.24) is 0 Å². The average molecular weight is 817 g/mol. The van der Waals surface area contributed by atoms with Crippen LogP contribution < -0.4 is 9.80 Å². The first-order chi connectivity index (χ1) is 31.8. The van der Waals surface area contributed by atoms with E-state index < -0.39 is 0 Å². The van der Waals surface area contributed by atoms with Gasteiger partial charge in [0.1, 0.15) is 0 Å². The molecule has 0 aromatic heterocycles. The van der Waals surface area contributed by atoms with Gasteiger partial charge in [0.15, 0.2) is 0 Å². The number of nitrogens with zero attached hydrogens (tertiary/aromatic N) is 2. The van der Waals surface area contributed by atoms with Crippen LogP contribution in [0.5, 0.6) is 0 Å². The Morgan fingerprint density at radius 3 is 0.609 bits per heavy atom. The average Bonchev–Trinajstić information content (AvgIpc) is 3.38. The van der Waals surface area contributed by atoms with Gasteiger partial charge in [0.2, 0.25) is 0 Å². The zero-order chi connectivity index (χ0) is 42.7. The molecule has 0 aliphatic heterocycles. The van der Waals surface area contributed by atoms with Crippen molar-refractivity contribution < 1.29 is 0 Å². The molecule has 0 heterocycles. The fraction of sp³-hybridized carbons (Fsp3) is 0. The van der Waals surface area contributed by atoms with Gasteiger partial charge in [-0.1, -0.05) is 218 Å². The summed E-state index contributed by atoms with van der Waals surface area (Å²) in [6.45, 7) is 0. The molecule has 0 radical (unpaired) electrons. The van der Waals surface area contributed by atoms with Gasteiger partial charge in [0.05, 0.1) is 11.4 Å². The van der Waals surface area contributed by atoms with Crippen LogP contribution in [0.1, 0.15) is 0 Å². The number of rotatable bonds is 10. The Balaban J connectivity index is 1.20. The van der Waals surface area contributed by atoms with Crippen molar-refractivity contribution >= 4 is 55.7 Å². The van der Waals surface area contributed by atoms with Crippen LogP contribution >= 0.6 is 0 Å². The van der Waals surface area contributed by atoms with Crippen molar-refractivity contribution in [3.05, 3.63) is 267 Å². The molecule has 0 aliphatic carbocycles. The molecule has 302 valence electrons. The first-order valence-corrected chi connectivity index (χ1v) is 21.9. The Bertz CT molecular complexity index is 2930. The molecule has 0 fully saturated rings. The van der Waals surface area contributed by atoms with E-state index in [0.29, 0.717) is 0 Å². The molecule has 0 N–H and O–H groups in total. The molecule has 0 bridgehead atoms. The maximum Gasteiger partial charge on any atom is 0.0619 e. The molecule has 0 atom stereocenters. The molecule has 11 aromatic rings. The van der Waals surface area contributed by atoms with Crippen LogP contribution in [-0.4, -0.2) is 0 Å². The first-order valence-electron chi connectivity index (χ1n) is 21.9. The van der Waals surface area contributed by atoms with Crippen molar-refractivity contribution in [1.29, 1.82) is 0 Å². The van der Waals surface area contributed by atoms with Crippen molar-refractivity contribution in [3.8, 4) is 44.5 Å². The van der Waals surface area contributed by atoms with Crippen LogP contribution in [0.2, 0.25) is 0 Å². The van der Waals surface area contributed by atoms with Crippen molar-refractivity contribution in [2.24, 2.45) is 0 Å². The highest BCUT2D eigenvalue weighted by Gasteiger charge is 2.26. The minimum Gasteiger partial charge on any atom is -0.309 e. The summed E-state index contributed by atoms with van der Waals surface area (Å²) in [6.07, 6.45) is 0. The highest BCUT2D eigenvalue weighted by Crippen LogP contribution is 2.52. The van der Waals surface area contributed by atoms with Crippen LogP contribution in [0.4, 0.5) is 34.1 Å². The van der Waals surface area contributed by atoms with Gasteiger partial charge in [-0.15, -0.1) is 0 Å². The van der Waals surface area contributed by atoms with E-state index in [1.54, 1.807) is 0 Å². The van der Waals surface area contributed by atoms with Crippen LogP contribution in [0.3, 0.4) is 0 Å². The maximum atomic E-state index is 2.48. The van der Waals surface area contributed by atoms with Crippen molar-refractivity contribution in [2.75, 3.05) is 9.80 Å². The van der Waals surface area contributed by atoms with Gasteiger partial charge in [-0.2, -0.15) is 0 Å². The quantitative estimate of drug-likeness (QED) is 0.100. The minimum atomic E-state index is 1.08. The number of fused-ring (bicyclic) bond motifs is 2. The number of benzene rings is 11. The predicted octanol–water partition coefficient (Wildman–Crippen LogP) is 17.6. The Morgan fingerprint density at radius 2 is 0.375 bits per heavy atom. The zero-order valence-electron chi connectivity index (χ0n) is 35.3. The molecule has 11 aromatic carbocycles. The first kappa shape index (κ1) is 38.5.